The van der Waals surface area contributed by atoms with Crippen LogP contribution in [0.5, 0.6) is 11.5 Å². The Morgan fingerprint density at radius 3 is 2.63 bits per heavy atom. The lowest BCUT2D eigenvalue weighted by atomic mass is 9.98. The van der Waals surface area contributed by atoms with Crippen molar-refractivity contribution in [2.45, 2.75) is 33.6 Å². The van der Waals surface area contributed by atoms with Crippen molar-refractivity contribution in [3.05, 3.63) is 46.5 Å². The van der Waals surface area contributed by atoms with Crippen LogP contribution in [0.15, 0.2) is 24.3 Å². The SMILES string of the molecule is CCN(CC)c1ccc(NC(=O)c2c3c(cc4c2OCC4)OCC3)c(C)c1. The zero-order chi connectivity index (χ0) is 19.0. The summed E-state index contributed by atoms with van der Waals surface area (Å²) in [6.07, 6.45) is 1.57. The van der Waals surface area contributed by atoms with Crippen LogP contribution in [0.25, 0.3) is 0 Å². The largest absolute Gasteiger partial charge is 0.493 e. The predicted octanol–water partition coefficient (Wildman–Crippen LogP) is 3.96. The van der Waals surface area contributed by atoms with Gasteiger partial charge in [0.2, 0.25) is 0 Å². The summed E-state index contributed by atoms with van der Waals surface area (Å²) < 4.78 is 11.5. The Bertz CT molecular complexity index is 855. The molecule has 2 aliphatic heterocycles. The highest BCUT2D eigenvalue weighted by Crippen LogP contribution is 2.41. The summed E-state index contributed by atoms with van der Waals surface area (Å²) in [6.45, 7) is 9.48. The van der Waals surface area contributed by atoms with E-state index in [-0.39, 0.29) is 5.91 Å². The van der Waals surface area contributed by atoms with Gasteiger partial charge in [0.05, 0.1) is 18.8 Å². The van der Waals surface area contributed by atoms with Crippen molar-refractivity contribution in [1.82, 2.24) is 0 Å². The van der Waals surface area contributed by atoms with Crippen molar-refractivity contribution in [3.63, 3.8) is 0 Å². The molecule has 1 N–H and O–H groups in total. The zero-order valence-corrected chi connectivity index (χ0v) is 16.2. The van der Waals surface area contributed by atoms with Crippen LogP contribution in [-0.4, -0.2) is 32.2 Å². The van der Waals surface area contributed by atoms with Gasteiger partial charge in [-0.15, -0.1) is 0 Å². The van der Waals surface area contributed by atoms with Crippen LogP contribution in [0.3, 0.4) is 0 Å². The first-order valence-electron chi connectivity index (χ1n) is 9.73. The highest BCUT2D eigenvalue weighted by molar-refractivity contribution is 6.08. The first-order valence-corrected chi connectivity index (χ1v) is 9.73. The number of hydrogen-bond donors (Lipinski definition) is 1. The second kappa shape index (κ2) is 7.14. The summed E-state index contributed by atoms with van der Waals surface area (Å²) in [5.41, 5.74) is 5.73. The van der Waals surface area contributed by atoms with E-state index in [0.29, 0.717) is 18.8 Å². The molecule has 1 amide bonds. The standard InChI is InChI=1S/C22H26N2O3/c1-4-24(5-2)16-6-7-18(14(3)12-16)23-22(25)20-17-9-11-26-19(17)13-15-8-10-27-21(15)20/h6-7,12-13H,4-5,8-11H2,1-3H3,(H,23,25). The highest BCUT2D eigenvalue weighted by Gasteiger charge is 2.30. The van der Waals surface area contributed by atoms with Gasteiger partial charge >= 0.3 is 0 Å². The summed E-state index contributed by atoms with van der Waals surface area (Å²) in [7, 11) is 0. The first kappa shape index (κ1) is 17.7. The molecule has 0 saturated heterocycles. The fraction of sp³-hybridized carbons (Fsp3) is 0.409. The molecule has 142 valence electrons. The third-order valence-corrected chi connectivity index (χ3v) is 5.46. The van der Waals surface area contributed by atoms with Gasteiger partial charge in [-0.25, -0.2) is 0 Å². The molecule has 27 heavy (non-hydrogen) atoms. The van der Waals surface area contributed by atoms with E-state index in [0.717, 1.165) is 59.8 Å². The molecule has 0 aliphatic carbocycles. The third-order valence-electron chi connectivity index (χ3n) is 5.46. The zero-order valence-electron chi connectivity index (χ0n) is 16.2. The van der Waals surface area contributed by atoms with Gasteiger partial charge in [0, 0.05) is 48.4 Å². The molecule has 0 fully saturated rings. The Balaban J connectivity index is 1.64. The molecule has 0 aromatic heterocycles. The molecule has 0 saturated carbocycles. The minimum atomic E-state index is -0.116. The third kappa shape index (κ3) is 3.11. The smallest absolute Gasteiger partial charge is 0.259 e. The van der Waals surface area contributed by atoms with Crippen LogP contribution in [0.4, 0.5) is 11.4 Å². The van der Waals surface area contributed by atoms with Crippen molar-refractivity contribution < 1.29 is 14.3 Å². The molecule has 2 heterocycles. The maximum atomic E-state index is 13.2. The monoisotopic (exact) mass is 366 g/mol. The van der Waals surface area contributed by atoms with Gasteiger partial charge in [0.15, 0.2) is 0 Å². The van der Waals surface area contributed by atoms with E-state index in [2.05, 4.69) is 36.2 Å². The molecule has 0 atom stereocenters. The molecule has 0 spiro atoms. The minimum Gasteiger partial charge on any atom is -0.493 e. The molecule has 0 bridgehead atoms. The molecule has 2 aromatic rings. The van der Waals surface area contributed by atoms with Crippen LogP contribution in [-0.2, 0) is 12.8 Å². The van der Waals surface area contributed by atoms with Gasteiger partial charge in [-0.2, -0.15) is 0 Å². The van der Waals surface area contributed by atoms with Gasteiger partial charge < -0.3 is 19.7 Å². The van der Waals surface area contributed by atoms with Crippen molar-refractivity contribution in [2.24, 2.45) is 0 Å². The van der Waals surface area contributed by atoms with Crippen LogP contribution in [0, 0.1) is 6.92 Å². The second-order valence-electron chi connectivity index (χ2n) is 7.04. The van der Waals surface area contributed by atoms with E-state index in [1.807, 2.05) is 19.1 Å². The Labute approximate surface area is 160 Å². The van der Waals surface area contributed by atoms with E-state index in [9.17, 15) is 4.79 Å². The number of ether oxygens (including phenoxy) is 2. The number of amides is 1. The Hall–Kier alpha value is -2.69. The number of anilines is 2. The average molecular weight is 366 g/mol. The normalized spacial score (nSPS) is 14.2. The van der Waals surface area contributed by atoms with Gasteiger partial charge in [0.25, 0.3) is 5.91 Å². The minimum absolute atomic E-state index is 0.116. The lowest BCUT2D eigenvalue weighted by Gasteiger charge is -2.22. The van der Waals surface area contributed by atoms with E-state index in [1.54, 1.807) is 0 Å². The van der Waals surface area contributed by atoms with Crippen LogP contribution in [0.2, 0.25) is 0 Å². The van der Waals surface area contributed by atoms with Crippen molar-refractivity contribution in [3.8, 4) is 11.5 Å². The van der Waals surface area contributed by atoms with Crippen molar-refractivity contribution in [2.75, 3.05) is 36.5 Å². The van der Waals surface area contributed by atoms with Crippen LogP contribution in [0.1, 0.15) is 40.9 Å². The summed E-state index contributed by atoms with van der Waals surface area (Å²) in [6, 6.07) is 8.21. The fourth-order valence-electron chi connectivity index (χ4n) is 3.98. The number of nitrogens with zero attached hydrogens (tertiary/aromatic N) is 1. The van der Waals surface area contributed by atoms with Crippen LogP contribution >= 0.6 is 0 Å². The topological polar surface area (TPSA) is 50.8 Å². The molecule has 5 nitrogen and oxygen atoms in total. The Kier molecular flexibility index (Phi) is 4.68. The molecule has 2 aromatic carbocycles. The van der Waals surface area contributed by atoms with Gasteiger partial charge in [0.1, 0.15) is 11.5 Å². The number of hydrogen-bond acceptors (Lipinski definition) is 4. The Morgan fingerprint density at radius 2 is 1.89 bits per heavy atom. The first-order chi connectivity index (χ1) is 13.1. The van der Waals surface area contributed by atoms with Crippen LogP contribution < -0.4 is 19.7 Å². The Morgan fingerprint density at radius 1 is 1.11 bits per heavy atom. The molecule has 2 aliphatic rings. The average Bonchev–Trinajstić information content (AvgIpc) is 3.31. The molecule has 5 heteroatoms. The van der Waals surface area contributed by atoms with E-state index < -0.39 is 0 Å². The number of aryl methyl sites for hydroxylation is 1. The summed E-state index contributed by atoms with van der Waals surface area (Å²) in [5, 5.41) is 3.10. The molecule has 0 radical (unpaired) electrons. The van der Waals surface area contributed by atoms with Crippen molar-refractivity contribution in [1.29, 1.82) is 0 Å². The lowest BCUT2D eigenvalue weighted by molar-refractivity contribution is 0.102. The number of rotatable bonds is 5. The van der Waals surface area contributed by atoms with E-state index in [1.165, 1.54) is 5.69 Å². The number of benzene rings is 2. The summed E-state index contributed by atoms with van der Waals surface area (Å²) in [5.74, 6) is 1.45. The lowest BCUT2D eigenvalue weighted by Crippen LogP contribution is -2.22. The number of carbonyl (C=O) groups excluding carboxylic acids is 1. The number of nitrogens with one attached hydrogen (secondary N) is 1. The number of carbonyl (C=O) groups is 1. The van der Waals surface area contributed by atoms with Crippen molar-refractivity contribution >= 4 is 17.3 Å². The highest BCUT2D eigenvalue weighted by atomic mass is 16.5. The molecule has 0 unspecified atom stereocenters. The van der Waals surface area contributed by atoms with Gasteiger partial charge in [-0.3, -0.25) is 4.79 Å². The van der Waals surface area contributed by atoms with Gasteiger partial charge in [-0.1, -0.05) is 0 Å². The molecule has 4 rings (SSSR count). The second-order valence-corrected chi connectivity index (χ2v) is 7.04. The summed E-state index contributed by atoms with van der Waals surface area (Å²) >= 11 is 0. The van der Waals surface area contributed by atoms with E-state index >= 15 is 0 Å². The summed E-state index contributed by atoms with van der Waals surface area (Å²) in [4.78, 5) is 15.5. The van der Waals surface area contributed by atoms with E-state index in [4.69, 9.17) is 9.47 Å². The quantitative estimate of drug-likeness (QED) is 0.870. The predicted molar refractivity (Wildman–Crippen MR) is 108 cm³/mol. The molecular formula is C22H26N2O3. The fourth-order valence-corrected chi connectivity index (χ4v) is 3.98. The maximum absolute atomic E-state index is 13.2. The molecular weight excluding hydrogens is 340 g/mol. The maximum Gasteiger partial charge on any atom is 0.259 e. The van der Waals surface area contributed by atoms with Gasteiger partial charge in [-0.05, 0) is 50.6 Å². The number of fused-ring (bicyclic) bond motifs is 2.